The lowest BCUT2D eigenvalue weighted by Gasteiger charge is -2.23. The van der Waals surface area contributed by atoms with Gasteiger partial charge in [-0.3, -0.25) is 9.59 Å². The fourth-order valence-electron chi connectivity index (χ4n) is 3.41. The van der Waals surface area contributed by atoms with Gasteiger partial charge in [0.2, 0.25) is 0 Å². The molecule has 0 bridgehead atoms. The fraction of sp³-hybridized carbons (Fsp3) is 0.393. The van der Waals surface area contributed by atoms with Crippen LogP contribution in [0.4, 0.5) is 0 Å². The first-order valence-corrected chi connectivity index (χ1v) is 11.6. The molecular weight excluding hydrogens is 464 g/mol. The van der Waals surface area contributed by atoms with Gasteiger partial charge in [0, 0.05) is 12.5 Å². The zero-order valence-corrected chi connectivity index (χ0v) is 21.5. The van der Waals surface area contributed by atoms with Crippen molar-refractivity contribution >= 4 is 24.0 Å². The Hall–Kier alpha value is -3.65. The van der Waals surface area contributed by atoms with Crippen molar-refractivity contribution in [2.24, 2.45) is 5.41 Å². The second-order valence-corrected chi connectivity index (χ2v) is 8.93. The highest BCUT2D eigenvalue weighted by atomic mass is 16.6. The van der Waals surface area contributed by atoms with Crippen LogP contribution in [-0.2, 0) is 37.1 Å². The lowest BCUT2D eigenvalue weighted by molar-refractivity contribution is -0.146. The zero-order valence-electron chi connectivity index (χ0n) is 21.5. The first-order chi connectivity index (χ1) is 17.1. The van der Waals surface area contributed by atoms with Crippen molar-refractivity contribution in [3.8, 4) is 11.5 Å². The molecule has 0 heterocycles. The summed E-state index contributed by atoms with van der Waals surface area (Å²) in [4.78, 5) is 36.5. The maximum atomic E-state index is 12.9. The molecule has 0 aliphatic heterocycles. The Morgan fingerprint density at radius 2 is 1.72 bits per heavy atom. The summed E-state index contributed by atoms with van der Waals surface area (Å²) >= 11 is 0. The topological polar surface area (TPSA) is 108 Å². The average molecular weight is 499 g/mol. The Morgan fingerprint density at radius 3 is 2.36 bits per heavy atom. The predicted octanol–water partition coefficient (Wildman–Crippen LogP) is 4.53. The third-order valence-electron chi connectivity index (χ3n) is 5.78. The van der Waals surface area contributed by atoms with Crippen molar-refractivity contribution in [2.75, 3.05) is 14.2 Å². The van der Waals surface area contributed by atoms with Gasteiger partial charge >= 0.3 is 17.9 Å². The van der Waals surface area contributed by atoms with Gasteiger partial charge in [-0.2, -0.15) is 0 Å². The van der Waals surface area contributed by atoms with Crippen molar-refractivity contribution < 1.29 is 38.4 Å². The Kier molecular flexibility index (Phi) is 10.7. The molecule has 2 aromatic rings. The number of ether oxygens (including phenoxy) is 4. The van der Waals surface area contributed by atoms with Crippen LogP contribution in [0.15, 0.2) is 42.5 Å². The highest BCUT2D eigenvalue weighted by Crippen LogP contribution is 2.34. The number of rotatable bonds is 12. The van der Waals surface area contributed by atoms with E-state index in [0.29, 0.717) is 24.0 Å². The van der Waals surface area contributed by atoms with E-state index in [-0.39, 0.29) is 37.1 Å². The molecule has 8 nitrogen and oxygen atoms in total. The maximum Gasteiger partial charge on any atom is 0.331 e. The van der Waals surface area contributed by atoms with E-state index < -0.39 is 17.4 Å². The van der Waals surface area contributed by atoms with Crippen molar-refractivity contribution in [3.05, 3.63) is 64.7 Å². The number of hydrogen-bond acceptors (Lipinski definition) is 8. The van der Waals surface area contributed by atoms with Crippen molar-refractivity contribution in [1.82, 2.24) is 0 Å². The Bertz CT molecular complexity index is 1100. The average Bonchev–Trinajstić information content (AvgIpc) is 2.86. The van der Waals surface area contributed by atoms with Crippen molar-refractivity contribution in [1.29, 1.82) is 0 Å². The Labute approximate surface area is 211 Å². The summed E-state index contributed by atoms with van der Waals surface area (Å²) in [6, 6.07) is 10.7. The lowest BCUT2D eigenvalue weighted by atomic mass is 9.87. The summed E-state index contributed by atoms with van der Waals surface area (Å²) in [5.74, 6) is -1.00. The minimum atomic E-state index is -0.873. The van der Waals surface area contributed by atoms with Gasteiger partial charge in [0.1, 0.15) is 6.61 Å². The van der Waals surface area contributed by atoms with Crippen LogP contribution in [0.5, 0.6) is 11.5 Å². The maximum absolute atomic E-state index is 12.9. The molecule has 0 saturated carbocycles. The number of aliphatic hydroxyl groups is 1. The molecule has 0 aliphatic carbocycles. The molecule has 0 fully saturated rings. The molecule has 0 aromatic heterocycles. The molecule has 8 heteroatoms. The summed E-state index contributed by atoms with van der Waals surface area (Å²) in [6.45, 7) is 4.94. The van der Waals surface area contributed by atoms with E-state index in [1.807, 2.05) is 31.2 Å². The molecule has 0 amide bonds. The summed E-state index contributed by atoms with van der Waals surface area (Å²) in [5, 5.41) is 9.79. The molecule has 2 rings (SSSR count). The highest BCUT2D eigenvalue weighted by molar-refractivity contribution is 5.87. The fourth-order valence-corrected chi connectivity index (χ4v) is 3.41. The van der Waals surface area contributed by atoms with Crippen LogP contribution in [0, 0.1) is 12.3 Å². The van der Waals surface area contributed by atoms with Crippen LogP contribution in [0.25, 0.3) is 6.08 Å². The number of esters is 3. The van der Waals surface area contributed by atoms with Gasteiger partial charge in [-0.15, -0.1) is 0 Å². The third kappa shape index (κ3) is 8.23. The lowest BCUT2D eigenvalue weighted by Crippen LogP contribution is -2.29. The zero-order chi connectivity index (χ0) is 26.7. The number of benzene rings is 2. The van der Waals surface area contributed by atoms with Crippen LogP contribution in [-0.4, -0.2) is 37.2 Å². The van der Waals surface area contributed by atoms with E-state index in [1.54, 1.807) is 26.0 Å². The molecule has 0 unspecified atom stereocenters. The molecule has 0 atom stereocenters. The first-order valence-electron chi connectivity index (χ1n) is 11.6. The standard InChI is InChI=1S/C28H34O8/c1-19-9-6-7-10-20(19)12-13-26(31)35-18-22-16-24(23(33-4)15-21(22)17-29)36-27(32)28(2,3)14-8-11-25(30)34-5/h6-7,9-10,12-13,15-16,29H,8,11,14,17-18H2,1-5H3/b13-12+. The van der Waals surface area contributed by atoms with E-state index >= 15 is 0 Å². The van der Waals surface area contributed by atoms with Gasteiger partial charge in [0.15, 0.2) is 11.5 Å². The summed E-state index contributed by atoms with van der Waals surface area (Å²) in [7, 11) is 2.74. The van der Waals surface area contributed by atoms with Gasteiger partial charge in [-0.1, -0.05) is 24.3 Å². The molecule has 2 aromatic carbocycles. The number of carbonyl (C=O) groups is 3. The monoisotopic (exact) mass is 498 g/mol. The summed E-state index contributed by atoms with van der Waals surface area (Å²) in [5.41, 5.74) is 2.00. The molecule has 36 heavy (non-hydrogen) atoms. The van der Waals surface area contributed by atoms with Crippen LogP contribution < -0.4 is 9.47 Å². The van der Waals surface area contributed by atoms with Gasteiger partial charge in [0.25, 0.3) is 0 Å². The van der Waals surface area contributed by atoms with Crippen LogP contribution >= 0.6 is 0 Å². The second-order valence-electron chi connectivity index (χ2n) is 8.93. The van der Waals surface area contributed by atoms with Crippen molar-refractivity contribution in [3.63, 3.8) is 0 Å². The minimum Gasteiger partial charge on any atom is -0.493 e. The van der Waals surface area contributed by atoms with Gasteiger partial charge in [-0.25, -0.2) is 4.79 Å². The smallest absolute Gasteiger partial charge is 0.331 e. The third-order valence-corrected chi connectivity index (χ3v) is 5.78. The Balaban J connectivity index is 2.13. The molecule has 0 aliphatic rings. The number of methoxy groups -OCH3 is 2. The number of aliphatic hydroxyl groups excluding tert-OH is 1. The second kappa shape index (κ2) is 13.4. The van der Waals surface area contributed by atoms with Crippen molar-refractivity contribution in [2.45, 2.75) is 53.2 Å². The van der Waals surface area contributed by atoms with Gasteiger partial charge < -0.3 is 24.1 Å². The minimum absolute atomic E-state index is 0.135. The van der Waals surface area contributed by atoms with E-state index in [4.69, 9.17) is 14.2 Å². The number of aryl methyl sites for hydroxylation is 1. The largest absolute Gasteiger partial charge is 0.493 e. The first kappa shape index (κ1) is 28.6. The number of hydrogen-bond donors (Lipinski definition) is 1. The molecular formula is C28H34O8. The predicted molar refractivity (Wildman–Crippen MR) is 134 cm³/mol. The van der Waals surface area contributed by atoms with E-state index in [1.165, 1.54) is 26.4 Å². The SMILES string of the molecule is COC(=O)CCCC(C)(C)C(=O)Oc1cc(COC(=O)/C=C/c2ccccc2C)c(CO)cc1OC. The van der Waals surface area contributed by atoms with E-state index in [0.717, 1.165) is 11.1 Å². The van der Waals surface area contributed by atoms with E-state index in [2.05, 4.69) is 4.74 Å². The van der Waals surface area contributed by atoms with Gasteiger partial charge in [0.05, 0.1) is 26.2 Å². The Morgan fingerprint density at radius 1 is 1.03 bits per heavy atom. The van der Waals surface area contributed by atoms with Crippen LogP contribution in [0.3, 0.4) is 0 Å². The number of carbonyl (C=O) groups excluding carboxylic acids is 3. The molecule has 194 valence electrons. The molecule has 0 saturated heterocycles. The highest BCUT2D eigenvalue weighted by Gasteiger charge is 2.31. The van der Waals surface area contributed by atoms with E-state index in [9.17, 15) is 19.5 Å². The molecule has 0 spiro atoms. The quantitative estimate of drug-likeness (QED) is 0.258. The summed E-state index contributed by atoms with van der Waals surface area (Å²) < 4.78 is 21.0. The molecule has 0 radical (unpaired) electrons. The summed E-state index contributed by atoms with van der Waals surface area (Å²) in [6.07, 6.45) is 4.09. The molecule has 1 N–H and O–H groups in total. The van der Waals surface area contributed by atoms with Crippen LogP contribution in [0.1, 0.15) is 55.4 Å². The normalized spacial score (nSPS) is 11.3. The van der Waals surface area contributed by atoms with Gasteiger partial charge in [-0.05, 0) is 74.1 Å². The van der Waals surface area contributed by atoms with Crippen LogP contribution in [0.2, 0.25) is 0 Å².